The summed E-state index contributed by atoms with van der Waals surface area (Å²) in [5.41, 5.74) is 0.956. The Kier molecular flexibility index (Phi) is 6.28. The van der Waals surface area contributed by atoms with Crippen LogP contribution in [-0.2, 0) is 16.1 Å². The summed E-state index contributed by atoms with van der Waals surface area (Å²) in [6.45, 7) is 5.27. The lowest BCUT2D eigenvalue weighted by Gasteiger charge is -2.32. The van der Waals surface area contributed by atoms with E-state index in [1.54, 1.807) is 9.80 Å². The molecule has 126 valence electrons. The zero-order chi connectivity index (χ0) is 16.8. The molecule has 1 saturated heterocycles. The van der Waals surface area contributed by atoms with Crippen LogP contribution < -0.4 is 0 Å². The highest BCUT2D eigenvalue weighted by Crippen LogP contribution is 2.20. The van der Waals surface area contributed by atoms with Crippen LogP contribution in [0.1, 0.15) is 25.8 Å². The van der Waals surface area contributed by atoms with Crippen molar-refractivity contribution in [1.82, 2.24) is 9.80 Å². The molecular weight excluding hydrogens is 316 g/mol. The van der Waals surface area contributed by atoms with Crippen LogP contribution >= 0.6 is 11.6 Å². The summed E-state index contributed by atoms with van der Waals surface area (Å²) in [5.74, 6) is -0.126. The van der Waals surface area contributed by atoms with Gasteiger partial charge >= 0.3 is 6.09 Å². The van der Waals surface area contributed by atoms with Crippen molar-refractivity contribution in [3.05, 3.63) is 35.9 Å². The van der Waals surface area contributed by atoms with Crippen LogP contribution in [0.15, 0.2) is 30.3 Å². The second kappa shape index (κ2) is 8.20. The number of amides is 2. The first kappa shape index (κ1) is 17.6. The van der Waals surface area contributed by atoms with Crippen molar-refractivity contribution in [1.29, 1.82) is 0 Å². The topological polar surface area (TPSA) is 49.9 Å². The van der Waals surface area contributed by atoms with E-state index in [9.17, 15) is 9.59 Å². The number of rotatable bonds is 5. The maximum absolute atomic E-state index is 12.2. The molecular formula is C17H23ClN2O3. The molecule has 0 bridgehead atoms. The normalized spacial score (nSPS) is 17.4. The minimum Gasteiger partial charge on any atom is -0.445 e. The van der Waals surface area contributed by atoms with Crippen molar-refractivity contribution in [3.8, 4) is 0 Å². The van der Waals surface area contributed by atoms with Crippen LogP contribution in [0.25, 0.3) is 0 Å². The number of carbonyl (C=O) groups excluding carboxylic acids is 2. The molecule has 0 saturated carbocycles. The van der Waals surface area contributed by atoms with Gasteiger partial charge in [0.1, 0.15) is 12.5 Å². The van der Waals surface area contributed by atoms with Gasteiger partial charge in [-0.3, -0.25) is 4.79 Å². The summed E-state index contributed by atoms with van der Waals surface area (Å²) in [4.78, 5) is 27.6. The highest BCUT2D eigenvalue weighted by atomic mass is 35.5. The molecule has 0 N–H and O–H groups in total. The van der Waals surface area contributed by atoms with Gasteiger partial charge in [0.15, 0.2) is 0 Å². The first-order chi connectivity index (χ1) is 11.0. The average molecular weight is 339 g/mol. The Balaban J connectivity index is 1.88. The summed E-state index contributed by atoms with van der Waals surface area (Å²) >= 11 is 5.69. The predicted molar refractivity (Wildman–Crippen MR) is 89.3 cm³/mol. The van der Waals surface area contributed by atoms with E-state index in [2.05, 4.69) is 0 Å². The lowest BCUT2D eigenvalue weighted by Crippen LogP contribution is -2.47. The van der Waals surface area contributed by atoms with Gasteiger partial charge in [-0.25, -0.2) is 4.79 Å². The molecule has 2 rings (SSSR count). The molecule has 1 aromatic carbocycles. The first-order valence-corrected chi connectivity index (χ1v) is 8.39. The standard InChI is InChI=1S/C17H23ClN2O3/c1-13(2)20(16(21)10-18)15-8-9-19(11-15)17(22)23-12-14-6-4-3-5-7-14/h3-7,13,15H,8-12H2,1-2H3/t15-/m0/s1. The SMILES string of the molecule is CC(C)N(C(=O)CCl)[C@H]1CCN(C(=O)OCc2ccccc2)C1. The Labute approximate surface area is 142 Å². The zero-order valence-electron chi connectivity index (χ0n) is 13.6. The van der Waals surface area contributed by atoms with Crippen LogP contribution in [0.5, 0.6) is 0 Å². The van der Waals surface area contributed by atoms with Crippen molar-refractivity contribution in [3.63, 3.8) is 0 Å². The Hall–Kier alpha value is -1.75. The summed E-state index contributed by atoms with van der Waals surface area (Å²) in [7, 11) is 0. The van der Waals surface area contributed by atoms with Gasteiger partial charge in [-0.1, -0.05) is 30.3 Å². The Morgan fingerprint density at radius 3 is 2.65 bits per heavy atom. The van der Waals surface area contributed by atoms with E-state index in [0.717, 1.165) is 12.0 Å². The lowest BCUT2D eigenvalue weighted by molar-refractivity contribution is -0.132. The molecule has 1 aliphatic rings. The highest BCUT2D eigenvalue weighted by molar-refractivity contribution is 6.27. The fourth-order valence-corrected chi connectivity index (χ4v) is 3.07. The van der Waals surface area contributed by atoms with Crippen LogP contribution in [0.2, 0.25) is 0 Å². The van der Waals surface area contributed by atoms with E-state index in [1.165, 1.54) is 0 Å². The summed E-state index contributed by atoms with van der Waals surface area (Å²) in [6, 6.07) is 9.64. The number of nitrogens with zero attached hydrogens (tertiary/aromatic N) is 2. The number of carbonyl (C=O) groups is 2. The lowest BCUT2D eigenvalue weighted by atomic mass is 10.1. The van der Waals surface area contributed by atoms with Crippen LogP contribution in [-0.4, -0.2) is 52.9 Å². The number of hydrogen-bond donors (Lipinski definition) is 0. The minimum absolute atomic E-state index is 0.00512. The smallest absolute Gasteiger partial charge is 0.410 e. The fourth-order valence-electron chi connectivity index (χ4n) is 2.93. The van der Waals surface area contributed by atoms with E-state index in [1.807, 2.05) is 44.2 Å². The average Bonchev–Trinajstić information content (AvgIpc) is 3.02. The van der Waals surface area contributed by atoms with E-state index >= 15 is 0 Å². The van der Waals surface area contributed by atoms with Crippen molar-refractivity contribution < 1.29 is 14.3 Å². The van der Waals surface area contributed by atoms with E-state index in [-0.39, 0.29) is 36.6 Å². The number of likely N-dealkylation sites (tertiary alicyclic amines) is 1. The maximum atomic E-state index is 12.2. The second-order valence-corrected chi connectivity index (χ2v) is 6.22. The molecule has 1 heterocycles. The molecule has 1 aliphatic heterocycles. The molecule has 2 amide bonds. The van der Waals surface area contributed by atoms with Gasteiger partial charge in [0.2, 0.25) is 5.91 Å². The third kappa shape index (κ3) is 4.61. The van der Waals surface area contributed by atoms with Gasteiger partial charge in [-0.2, -0.15) is 0 Å². The monoisotopic (exact) mass is 338 g/mol. The molecule has 1 atom stereocenters. The summed E-state index contributed by atoms with van der Waals surface area (Å²) in [5, 5.41) is 0. The van der Waals surface area contributed by atoms with Gasteiger partial charge in [-0.05, 0) is 25.8 Å². The Bertz CT molecular complexity index is 536. The first-order valence-electron chi connectivity index (χ1n) is 7.85. The molecule has 0 radical (unpaired) electrons. The fraction of sp³-hybridized carbons (Fsp3) is 0.529. The number of hydrogen-bond acceptors (Lipinski definition) is 3. The van der Waals surface area contributed by atoms with Gasteiger partial charge in [0, 0.05) is 19.1 Å². The highest BCUT2D eigenvalue weighted by Gasteiger charge is 2.34. The molecule has 5 nitrogen and oxygen atoms in total. The minimum atomic E-state index is -0.335. The number of alkyl halides is 1. The number of benzene rings is 1. The van der Waals surface area contributed by atoms with Gasteiger partial charge in [-0.15, -0.1) is 11.6 Å². The molecule has 0 spiro atoms. The zero-order valence-corrected chi connectivity index (χ0v) is 14.3. The maximum Gasteiger partial charge on any atom is 0.410 e. The largest absolute Gasteiger partial charge is 0.445 e. The van der Waals surface area contributed by atoms with Crippen molar-refractivity contribution >= 4 is 23.6 Å². The number of halogens is 1. The van der Waals surface area contributed by atoms with Crippen LogP contribution in [0.4, 0.5) is 4.79 Å². The molecule has 23 heavy (non-hydrogen) atoms. The van der Waals surface area contributed by atoms with Crippen LogP contribution in [0.3, 0.4) is 0 Å². The van der Waals surface area contributed by atoms with Crippen molar-refractivity contribution in [2.24, 2.45) is 0 Å². The quantitative estimate of drug-likeness (QED) is 0.776. The molecule has 6 heteroatoms. The van der Waals surface area contributed by atoms with Crippen molar-refractivity contribution in [2.45, 2.75) is 39.0 Å². The predicted octanol–water partition coefficient (Wildman–Crippen LogP) is 2.87. The molecule has 0 aromatic heterocycles. The molecule has 1 aromatic rings. The van der Waals surface area contributed by atoms with Crippen molar-refractivity contribution in [2.75, 3.05) is 19.0 Å². The Morgan fingerprint density at radius 1 is 1.35 bits per heavy atom. The third-order valence-corrected chi connectivity index (χ3v) is 4.21. The summed E-state index contributed by atoms with van der Waals surface area (Å²) < 4.78 is 5.34. The van der Waals surface area contributed by atoms with E-state index in [4.69, 9.17) is 16.3 Å². The van der Waals surface area contributed by atoms with Gasteiger partial charge in [0.25, 0.3) is 0 Å². The van der Waals surface area contributed by atoms with Gasteiger partial charge in [0.05, 0.1) is 6.04 Å². The third-order valence-electron chi connectivity index (χ3n) is 3.98. The number of ether oxygens (including phenoxy) is 1. The molecule has 0 unspecified atom stereocenters. The molecule has 0 aliphatic carbocycles. The van der Waals surface area contributed by atoms with E-state index < -0.39 is 0 Å². The second-order valence-electron chi connectivity index (χ2n) is 5.96. The summed E-state index contributed by atoms with van der Waals surface area (Å²) in [6.07, 6.45) is 0.416. The Morgan fingerprint density at radius 2 is 2.04 bits per heavy atom. The van der Waals surface area contributed by atoms with E-state index in [0.29, 0.717) is 13.1 Å². The molecule has 1 fully saturated rings. The van der Waals surface area contributed by atoms with Crippen LogP contribution in [0, 0.1) is 0 Å². The van der Waals surface area contributed by atoms with Gasteiger partial charge < -0.3 is 14.5 Å².